The minimum Gasteiger partial charge on any atom is -0.395 e. The predicted octanol–water partition coefficient (Wildman–Crippen LogP) is 6.99. The van der Waals surface area contributed by atoms with Crippen molar-refractivity contribution < 1.29 is 32.3 Å². The van der Waals surface area contributed by atoms with Gasteiger partial charge in [0.05, 0.1) is 28.7 Å². The minimum absolute atomic E-state index is 0.0354. The van der Waals surface area contributed by atoms with Gasteiger partial charge in [0.25, 0.3) is 5.91 Å². The fourth-order valence-electron chi connectivity index (χ4n) is 4.32. The van der Waals surface area contributed by atoms with Crippen LogP contribution in [0.1, 0.15) is 33.0 Å². The largest absolute Gasteiger partial charge is 0.419 e. The molecule has 3 aromatic rings. The standard InChI is InChI=1S/C27H22Cl3F4N3O3/c1-13-10-15(35-8-9-38)4-7-21(13)37-24(39)17-12-16(3-5-19(17)28)36-25(40)23-22(26(23,29)30)14-2-6-20(31)18(11-14)27(32,33)34/h2-7,10-12,22-23,35,38H,8-9H2,1H3,(H,36,40)(H,37,39)/t22-,23+/m0/s1. The van der Waals surface area contributed by atoms with Crippen LogP contribution in [0.15, 0.2) is 54.6 Å². The molecule has 6 nitrogen and oxygen atoms in total. The van der Waals surface area contributed by atoms with E-state index in [2.05, 4.69) is 16.0 Å². The molecular formula is C27H22Cl3F4N3O3. The molecule has 3 aromatic carbocycles. The maximum absolute atomic E-state index is 13.7. The van der Waals surface area contributed by atoms with Crippen molar-refractivity contribution in [3.63, 3.8) is 0 Å². The zero-order valence-corrected chi connectivity index (χ0v) is 22.9. The molecule has 212 valence electrons. The summed E-state index contributed by atoms with van der Waals surface area (Å²) in [4.78, 5) is 26.0. The number of aliphatic hydroxyl groups is 1. The van der Waals surface area contributed by atoms with Crippen LogP contribution in [0.25, 0.3) is 0 Å². The Kier molecular flexibility index (Phi) is 8.56. The van der Waals surface area contributed by atoms with Crippen molar-refractivity contribution >= 4 is 63.7 Å². The number of hydrogen-bond acceptors (Lipinski definition) is 4. The SMILES string of the molecule is Cc1cc(NCCO)ccc1NC(=O)c1cc(NC(=O)[C@H]2[C@H](c3ccc(F)c(C(F)(F)F)c3)C2(Cl)Cl)ccc1Cl. The van der Waals surface area contributed by atoms with Gasteiger partial charge < -0.3 is 21.1 Å². The van der Waals surface area contributed by atoms with Crippen LogP contribution in [0, 0.1) is 18.7 Å². The zero-order valence-electron chi connectivity index (χ0n) is 20.7. The lowest BCUT2D eigenvalue weighted by Crippen LogP contribution is -2.18. The first-order valence-corrected chi connectivity index (χ1v) is 13.0. The van der Waals surface area contributed by atoms with Crippen LogP contribution in [0.4, 0.5) is 34.6 Å². The molecule has 0 bridgehead atoms. The predicted molar refractivity (Wildman–Crippen MR) is 147 cm³/mol. The third-order valence-corrected chi connectivity index (χ3v) is 7.65. The van der Waals surface area contributed by atoms with Crippen LogP contribution < -0.4 is 16.0 Å². The van der Waals surface area contributed by atoms with Gasteiger partial charge in [-0.15, -0.1) is 23.2 Å². The van der Waals surface area contributed by atoms with Crippen LogP contribution in [0.2, 0.25) is 5.02 Å². The van der Waals surface area contributed by atoms with Gasteiger partial charge in [0.15, 0.2) is 0 Å². The summed E-state index contributed by atoms with van der Waals surface area (Å²) < 4.78 is 51.5. The van der Waals surface area contributed by atoms with E-state index in [1.165, 1.54) is 18.2 Å². The quantitative estimate of drug-likeness (QED) is 0.162. The maximum Gasteiger partial charge on any atom is 0.419 e. The van der Waals surface area contributed by atoms with E-state index in [1.54, 1.807) is 25.1 Å². The highest BCUT2D eigenvalue weighted by atomic mass is 35.5. The number of aliphatic hydroxyl groups excluding tert-OH is 1. The second kappa shape index (κ2) is 11.4. The molecule has 0 aromatic heterocycles. The third kappa shape index (κ3) is 6.30. The van der Waals surface area contributed by atoms with Gasteiger partial charge in [0.1, 0.15) is 10.2 Å². The van der Waals surface area contributed by atoms with Crippen molar-refractivity contribution in [1.82, 2.24) is 0 Å². The highest BCUT2D eigenvalue weighted by molar-refractivity contribution is 6.53. The molecule has 0 unspecified atom stereocenters. The fourth-order valence-corrected chi connectivity index (χ4v) is 5.35. The van der Waals surface area contributed by atoms with Crippen molar-refractivity contribution in [2.45, 2.75) is 23.4 Å². The van der Waals surface area contributed by atoms with Gasteiger partial charge in [-0.2, -0.15) is 13.2 Å². The lowest BCUT2D eigenvalue weighted by Gasteiger charge is -2.13. The van der Waals surface area contributed by atoms with E-state index < -0.39 is 45.5 Å². The molecule has 13 heteroatoms. The first kappa shape index (κ1) is 29.9. The van der Waals surface area contributed by atoms with Gasteiger partial charge in [0, 0.05) is 29.5 Å². The van der Waals surface area contributed by atoms with Crippen LogP contribution >= 0.6 is 34.8 Å². The normalized spacial score (nSPS) is 17.7. The van der Waals surface area contributed by atoms with Crippen molar-refractivity contribution in [2.24, 2.45) is 5.92 Å². The van der Waals surface area contributed by atoms with Gasteiger partial charge in [-0.3, -0.25) is 9.59 Å². The highest BCUT2D eigenvalue weighted by Crippen LogP contribution is 2.65. The smallest absolute Gasteiger partial charge is 0.395 e. The van der Waals surface area contributed by atoms with E-state index in [1.807, 2.05) is 0 Å². The van der Waals surface area contributed by atoms with Gasteiger partial charge in [-0.25, -0.2) is 4.39 Å². The first-order chi connectivity index (χ1) is 18.7. The summed E-state index contributed by atoms with van der Waals surface area (Å²) in [5, 5.41) is 17.4. The molecule has 0 spiro atoms. The van der Waals surface area contributed by atoms with E-state index in [0.29, 0.717) is 24.4 Å². The van der Waals surface area contributed by atoms with E-state index >= 15 is 0 Å². The van der Waals surface area contributed by atoms with E-state index in [-0.39, 0.29) is 28.4 Å². The maximum atomic E-state index is 13.7. The molecule has 4 rings (SSSR count). The van der Waals surface area contributed by atoms with Crippen LogP contribution in [0.5, 0.6) is 0 Å². The molecule has 1 saturated carbocycles. The molecule has 0 heterocycles. The first-order valence-electron chi connectivity index (χ1n) is 11.9. The Morgan fingerprint density at radius 1 is 1.00 bits per heavy atom. The third-order valence-electron chi connectivity index (χ3n) is 6.38. The number of hydrogen-bond donors (Lipinski definition) is 4. The highest BCUT2D eigenvalue weighted by Gasteiger charge is 2.67. The van der Waals surface area contributed by atoms with Gasteiger partial charge >= 0.3 is 6.18 Å². The number of rotatable bonds is 8. The summed E-state index contributed by atoms with van der Waals surface area (Å²) in [5.41, 5.74) is 0.706. The molecule has 1 aliphatic carbocycles. The van der Waals surface area contributed by atoms with Crippen molar-refractivity contribution in [1.29, 1.82) is 0 Å². The summed E-state index contributed by atoms with van der Waals surface area (Å²) in [7, 11) is 0. The molecule has 1 aliphatic rings. The van der Waals surface area contributed by atoms with Crippen LogP contribution in [-0.2, 0) is 11.0 Å². The Bertz CT molecular complexity index is 1470. The summed E-state index contributed by atoms with van der Waals surface area (Å²) in [6, 6.07) is 11.7. The lowest BCUT2D eigenvalue weighted by atomic mass is 10.0. The molecule has 0 aliphatic heterocycles. The number of halogens is 7. The van der Waals surface area contributed by atoms with Crippen LogP contribution in [0.3, 0.4) is 0 Å². The monoisotopic (exact) mass is 617 g/mol. The molecule has 1 fully saturated rings. The van der Waals surface area contributed by atoms with Crippen LogP contribution in [-0.4, -0.2) is 34.4 Å². The van der Waals surface area contributed by atoms with Crippen molar-refractivity contribution in [3.05, 3.63) is 87.7 Å². The van der Waals surface area contributed by atoms with Crippen molar-refractivity contribution in [3.8, 4) is 0 Å². The fraction of sp³-hybridized carbons (Fsp3) is 0.259. The Hall–Kier alpha value is -3.05. The molecule has 0 saturated heterocycles. The molecule has 4 N–H and O–H groups in total. The van der Waals surface area contributed by atoms with Gasteiger partial charge in [-0.1, -0.05) is 17.7 Å². The zero-order chi connectivity index (χ0) is 29.4. The topological polar surface area (TPSA) is 90.5 Å². The molecule has 0 radical (unpaired) electrons. The molecular weight excluding hydrogens is 597 g/mol. The van der Waals surface area contributed by atoms with E-state index in [4.69, 9.17) is 39.9 Å². The average Bonchev–Trinajstić information content (AvgIpc) is 3.46. The lowest BCUT2D eigenvalue weighted by molar-refractivity contribution is -0.140. The summed E-state index contributed by atoms with van der Waals surface area (Å²) in [5.74, 6) is -4.88. The number of aryl methyl sites for hydroxylation is 1. The number of nitrogens with one attached hydrogen (secondary N) is 3. The number of carbonyl (C=O) groups excluding carboxylic acids is 2. The summed E-state index contributed by atoms with van der Waals surface area (Å²) >= 11 is 18.7. The number of carbonyl (C=O) groups is 2. The Morgan fingerprint density at radius 3 is 2.35 bits per heavy atom. The van der Waals surface area contributed by atoms with Gasteiger partial charge in [-0.05, 0) is 66.6 Å². The van der Waals surface area contributed by atoms with E-state index in [9.17, 15) is 27.2 Å². The van der Waals surface area contributed by atoms with E-state index in [0.717, 1.165) is 17.3 Å². The Labute approximate surface area is 241 Å². The van der Waals surface area contributed by atoms with Gasteiger partial charge in [0.2, 0.25) is 5.91 Å². The molecule has 40 heavy (non-hydrogen) atoms. The minimum atomic E-state index is -4.94. The second-order valence-electron chi connectivity index (χ2n) is 9.18. The van der Waals surface area contributed by atoms with Crippen molar-refractivity contribution in [2.75, 3.05) is 29.1 Å². The Balaban J connectivity index is 1.49. The number of benzene rings is 3. The number of alkyl halides is 5. The average molecular weight is 619 g/mol. The second-order valence-corrected chi connectivity index (χ2v) is 11.0. The number of amides is 2. The Morgan fingerprint density at radius 2 is 1.70 bits per heavy atom. The molecule has 2 amide bonds. The molecule has 2 atom stereocenters. The summed E-state index contributed by atoms with van der Waals surface area (Å²) in [6.07, 6.45) is -4.94. The summed E-state index contributed by atoms with van der Waals surface area (Å²) in [6.45, 7) is 2.12. The number of anilines is 3.